The summed E-state index contributed by atoms with van der Waals surface area (Å²) in [5.41, 5.74) is 3.06. The Labute approximate surface area is 120 Å². The Morgan fingerprint density at radius 3 is 2.55 bits per heavy atom. The van der Waals surface area contributed by atoms with E-state index in [1.165, 1.54) is 0 Å². The molecule has 1 N–H and O–H groups in total. The van der Waals surface area contributed by atoms with E-state index in [2.05, 4.69) is 0 Å². The molecule has 0 heterocycles. The Morgan fingerprint density at radius 2 is 1.85 bits per heavy atom. The van der Waals surface area contributed by atoms with Gasteiger partial charge in [0.05, 0.1) is 6.10 Å². The van der Waals surface area contributed by atoms with Gasteiger partial charge in [-0.25, -0.2) is 0 Å². The van der Waals surface area contributed by atoms with Gasteiger partial charge in [-0.05, 0) is 37.1 Å². The van der Waals surface area contributed by atoms with E-state index in [0.717, 1.165) is 22.4 Å². The molecule has 20 heavy (non-hydrogen) atoms. The Morgan fingerprint density at radius 1 is 1.10 bits per heavy atom. The summed E-state index contributed by atoms with van der Waals surface area (Å²) in [6.07, 6.45) is 1.25. The average Bonchev–Trinajstić information content (AvgIpc) is 2.46. The first-order valence-electron chi connectivity index (χ1n) is 6.75. The summed E-state index contributed by atoms with van der Waals surface area (Å²) in [6, 6.07) is 17.6. The molecule has 0 fully saturated rings. The van der Waals surface area contributed by atoms with Crippen LogP contribution >= 0.6 is 0 Å². The van der Waals surface area contributed by atoms with Gasteiger partial charge in [-0.2, -0.15) is 0 Å². The van der Waals surface area contributed by atoms with Crippen molar-refractivity contribution in [2.45, 2.75) is 26.6 Å². The summed E-state index contributed by atoms with van der Waals surface area (Å²) in [4.78, 5) is 0. The van der Waals surface area contributed by atoms with E-state index in [4.69, 9.17) is 4.74 Å². The minimum absolute atomic E-state index is 0.531. The summed E-state index contributed by atoms with van der Waals surface area (Å²) in [6.45, 7) is 4.47. The number of benzene rings is 2. The summed E-state index contributed by atoms with van der Waals surface area (Å²) in [5.74, 6) is 0.771. The SMILES string of the molecule is CC(C)=CC(O)c1cccc(OCc2ccccc2)c1. The zero-order valence-corrected chi connectivity index (χ0v) is 11.9. The highest BCUT2D eigenvalue weighted by atomic mass is 16.5. The molecule has 0 spiro atoms. The van der Waals surface area contributed by atoms with E-state index in [1.807, 2.05) is 74.5 Å². The largest absolute Gasteiger partial charge is 0.489 e. The fourth-order valence-electron chi connectivity index (χ4n) is 1.94. The molecular weight excluding hydrogens is 248 g/mol. The van der Waals surface area contributed by atoms with Crippen molar-refractivity contribution in [3.63, 3.8) is 0 Å². The van der Waals surface area contributed by atoms with Gasteiger partial charge in [-0.1, -0.05) is 54.1 Å². The molecule has 2 aromatic rings. The standard InChI is InChI=1S/C18H20O2/c1-14(2)11-18(19)16-9-6-10-17(12-16)20-13-15-7-4-3-5-8-15/h3-12,18-19H,13H2,1-2H3. The van der Waals surface area contributed by atoms with Gasteiger partial charge in [0.15, 0.2) is 0 Å². The molecule has 2 heteroatoms. The number of ether oxygens (including phenoxy) is 1. The van der Waals surface area contributed by atoms with Gasteiger partial charge in [0.25, 0.3) is 0 Å². The van der Waals surface area contributed by atoms with Crippen molar-refractivity contribution in [2.24, 2.45) is 0 Å². The molecule has 0 aliphatic rings. The van der Waals surface area contributed by atoms with Crippen molar-refractivity contribution in [3.05, 3.63) is 77.4 Å². The molecular formula is C18H20O2. The average molecular weight is 268 g/mol. The van der Waals surface area contributed by atoms with Gasteiger partial charge in [0, 0.05) is 0 Å². The maximum Gasteiger partial charge on any atom is 0.120 e. The second kappa shape index (κ2) is 6.92. The first-order chi connectivity index (χ1) is 9.65. The third kappa shape index (κ3) is 4.25. The lowest BCUT2D eigenvalue weighted by Crippen LogP contribution is -1.98. The van der Waals surface area contributed by atoms with Crippen molar-refractivity contribution < 1.29 is 9.84 Å². The molecule has 104 valence electrons. The molecule has 1 unspecified atom stereocenters. The minimum atomic E-state index is -0.583. The summed E-state index contributed by atoms with van der Waals surface area (Å²) in [5, 5.41) is 10.1. The predicted octanol–water partition coefficient (Wildman–Crippen LogP) is 4.27. The fraction of sp³-hybridized carbons (Fsp3) is 0.222. The number of hydrogen-bond acceptors (Lipinski definition) is 2. The topological polar surface area (TPSA) is 29.5 Å². The summed E-state index contributed by atoms with van der Waals surface area (Å²) in [7, 11) is 0. The van der Waals surface area contributed by atoms with Crippen LogP contribution in [0.5, 0.6) is 5.75 Å². The Balaban J connectivity index is 2.04. The molecule has 0 radical (unpaired) electrons. The van der Waals surface area contributed by atoms with E-state index in [-0.39, 0.29) is 0 Å². The molecule has 0 aromatic heterocycles. The van der Waals surface area contributed by atoms with Crippen molar-refractivity contribution in [1.82, 2.24) is 0 Å². The maximum absolute atomic E-state index is 10.1. The van der Waals surface area contributed by atoms with Crippen molar-refractivity contribution in [1.29, 1.82) is 0 Å². The van der Waals surface area contributed by atoms with Gasteiger partial charge in [0.1, 0.15) is 12.4 Å². The fourth-order valence-corrected chi connectivity index (χ4v) is 1.94. The van der Waals surface area contributed by atoms with Crippen molar-refractivity contribution >= 4 is 0 Å². The second-order valence-electron chi connectivity index (χ2n) is 5.04. The highest BCUT2D eigenvalue weighted by molar-refractivity contribution is 5.32. The predicted molar refractivity (Wildman–Crippen MR) is 81.6 cm³/mol. The molecule has 1 atom stereocenters. The molecule has 0 saturated carbocycles. The zero-order valence-electron chi connectivity index (χ0n) is 11.9. The molecule has 0 bridgehead atoms. The van der Waals surface area contributed by atoms with Crippen LogP contribution in [0.15, 0.2) is 66.2 Å². The van der Waals surface area contributed by atoms with E-state index in [0.29, 0.717) is 6.61 Å². The van der Waals surface area contributed by atoms with E-state index < -0.39 is 6.10 Å². The lowest BCUT2D eigenvalue weighted by Gasteiger charge is -2.11. The summed E-state index contributed by atoms with van der Waals surface area (Å²) < 4.78 is 5.76. The lowest BCUT2D eigenvalue weighted by molar-refractivity contribution is 0.226. The van der Waals surface area contributed by atoms with Crippen LogP contribution in [0.2, 0.25) is 0 Å². The Kier molecular flexibility index (Phi) is 4.97. The third-order valence-electron chi connectivity index (χ3n) is 2.94. The van der Waals surface area contributed by atoms with Crippen LogP contribution in [0, 0.1) is 0 Å². The Bertz CT molecular complexity index is 569. The number of allylic oxidation sites excluding steroid dienone is 1. The van der Waals surface area contributed by atoms with E-state index >= 15 is 0 Å². The number of aliphatic hydroxyl groups is 1. The molecule has 0 aliphatic carbocycles. The van der Waals surface area contributed by atoms with E-state index in [9.17, 15) is 5.11 Å². The molecule has 2 aromatic carbocycles. The highest BCUT2D eigenvalue weighted by Gasteiger charge is 2.05. The number of rotatable bonds is 5. The highest BCUT2D eigenvalue weighted by Crippen LogP contribution is 2.21. The molecule has 0 aliphatic heterocycles. The first-order valence-corrected chi connectivity index (χ1v) is 6.75. The normalized spacial score (nSPS) is 11.8. The van der Waals surface area contributed by atoms with Crippen LogP contribution in [0.3, 0.4) is 0 Å². The van der Waals surface area contributed by atoms with Crippen molar-refractivity contribution in [3.8, 4) is 5.75 Å². The zero-order chi connectivity index (χ0) is 14.4. The van der Waals surface area contributed by atoms with Crippen LogP contribution in [-0.4, -0.2) is 5.11 Å². The van der Waals surface area contributed by atoms with Crippen LogP contribution in [0.1, 0.15) is 31.1 Å². The van der Waals surface area contributed by atoms with Gasteiger partial charge in [-0.15, -0.1) is 0 Å². The van der Waals surface area contributed by atoms with Crippen LogP contribution in [0.4, 0.5) is 0 Å². The van der Waals surface area contributed by atoms with Crippen LogP contribution < -0.4 is 4.74 Å². The van der Waals surface area contributed by atoms with Crippen LogP contribution in [0.25, 0.3) is 0 Å². The van der Waals surface area contributed by atoms with Gasteiger partial charge >= 0.3 is 0 Å². The monoisotopic (exact) mass is 268 g/mol. The van der Waals surface area contributed by atoms with Crippen molar-refractivity contribution in [2.75, 3.05) is 0 Å². The van der Waals surface area contributed by atoms with Gasteiger partial charge in [0.2, 0.25) is 0 Å². The van der Waals surface area contributed by atoms with Crippen LogP contribution in [-0.2, 0) is 6.61 Å². The molecule has 0 saturated heterocycles. The molecule has 0 amide bonds. The summed E-state index contributed by atoms with van der Waals surface area (Å²) >= 11 is 0. The lowest BCUT2D eigenvalue weighted by atomic mass is 10.1. The number of aliphatic hydroxyl groups excluding tert-OH is 1. The van der Waals surface area contributed by atoms with Gasteiger partial charge in [-0.3, -0.25) is 0 Å². The Hall–Kier alpha value is -2.06. The second-order valence-corrected chi connectivity index (χ2v) is 5.04. The number of hydrogen-bond donors (Lipinski definition) is 1. The van der Waals surface area contributed by atoms with E-state index in [1.54, 1.807) is 0 Å². The smallest absolute Gasteiger partial charge is 0.120 e. The van der Waals surface area contributed by atoms with Gasteiger partial charge < -0.3 is 9.84 Å². The maximum atomic E-state index is 10.1. The third-order valence-corrected chi connectivity index (χ3v) is 2.94. The first kappa shape index (κ1) is 14.4. The quantitative estimate of drug-likeness (QED) is 0.821. The molecule has 2 rings (SSSR count). The minimum Gasteiger partial charge on any atom is -0.489 e. The molecule has 2 nitrogen and oxygen atoms in total.